The summed E-state index contributed by atoms with van der Waals surface area (Å²) < 4.78 is 9.17. The number of carbonyl (C=O) groups is 1. The van der Waals surface area contributed by atoms with E-state index in [1.807, 2.05) is 50.2 Å². The lowest BCUT2D eigenvalue weighted by atomic mass is 10.3. The molecule has 1 aromatic carbocycles. The quantitative estimate of drug-likeness (QED) is 0.633. The molecule has 29 heavy (non-hydrogen) atoms. The largest absolute Gasteiger partial charge is 0.379 e. The first kappa shape index (κ1) is 19.6. The lowest BCUT2D eigenvalue weighted by Gasteiger charge is -2.30. The number of aryl methyl sites for hydroxylation is 3. The van der Waals surface area contributed by atoms with Crippen molar-refractivity contribution >= 4 is 16.9 Å². The maximum absolute atomic E-state index is 13.4. The molecule has 2 aromatic heterocycles. The summed E-state index contributed by atoms with van der Waals surface area (Å²) in [5.74, 6) is 0.855. The van der Waals surface area contributed by atoms with Crippen molar-refractivity contribution in [3.05, 3.63) is 47.5 Å². The van der Waals surface area contributed by atoms with Crippen molar-refractivity contribution in [2.75, 3.05) is 39.4 Å². The molecule has 8 heteroatoms. The Labute approximate surface area is 170 Å². The molecule has 0 saturated carbocycles. The van der Waals surface area contributed by atoms with E-state index in [2.05, 4.69) is 20.6 Å². The molecular weight excluding hydrogens is 368 g/mol. The summed E-state index contributed by atoms with van der Waals surface area (Å²) in [6, 6.07) is 9.89. The SMILES string of the molecule is Cc1cc(C(=O)N(CCN2CCOCC2)Cc2nc3ccccc3n2C)n(C)n1. The fourth-order valence-electron chi connectivity index (χ4n) is 3.82. The van der Waals surface area contributed by atoms with Gasteiger partial charge in [0.1, 0.15) is 11.5 Å². The predicted molar refractivity (Wildman–Crippen MR) is 111 cm³/mol. The van der Waals surface area contributed by atoms with Crippen molar-refractivity contribution in [1.82, 2.24) is 29.1 Å². The number of ether oxygens (including phenoxy) is 1. The summed E-state index contributed by atoms with van der Waals surface area (Å²) >= 11 is 0. The molecule has 0 bridgehead atoms. The van der Waals surface area contributed by atoms with E-state index in [-0.39, 0.29) is 5.91 Å². The number of imidazole rings is 1. The second kappa shape index (κ2) is 8.34. The molecule has 3 heterocycles. The van der Waals surface area contributed by atoms with Crippen LogP contribution in [0.3, 0.4) is 0 Å². The number of hydrogen-bond acceptors (Lipinski definition) is 5. The lowest BCUT2D eigenvalue weighted by Crippen LogP contribution is -2.43. The Kier molecular flexibility index (Phi) is 5.64. The van der Waals surface area contributed by atoms with E-state index >= 15 is 0 Å². The molecule has 1 aliphatic heterocycles. The Balaban J connectivity index is 1.58. The number of rotatable bonds is 6. The highest BCUT2D eigenvalue weighted by Crippen LogP contribution is 2.17. The Bertz CT molecular complexity index is 1000. The number of carbonyl (C=O) groups excluding carboxylic acids is 1. The summed E-state index contributed by atoms with van der Waals surface area (Å²) in [5, 5.41) is 4.35. The van der Waals surface area contributed by atoms with Gasteiger partial charge in [-0.2, -0.15) is 5.10 Å². The molecular formula is C21H28N6O2. The average Bonchev–Trinajstić information content (AvgIpc) is 3.24. The first-order valence-electron chi connectivity index (χ1n) is 10.0. The van der Waals surface area contributed by atoms with Crippen molar-refractivity contribution in [3.8, 4) is 0 Å². The zero-order chi connectivity index (χ0) is 20.4. The van der Waals surface area contributed by atoms with Gasteiger partial charge in [-0.3, -0.25) is 14.4 Å². The van der Waals surface area contributed by atoms with Crippen LogP contribution >= 0.6 is 0 Å². The van der Waals surface area contributed by atoms with E-state index in [1.54, 1.807) is 4.68 Å². The van der Waals surface area contributed by atoms with Crippen LogP contribution in [0.2, 0.25) is 0 Å². The number of nitrogens with zero attached hydrogens (tertiary/aromatic N) is 6. The number of fused-ring (bicyclic) bond motifs is 1. The Morgan fingerprint density at radius 1 is 1.21 bits per heavy atom. The van der Waals surface area contributed by atoms with E-state index in [1.165, 1.54) is 0 Å². The second-order valence-electron chi connectivity index (χ2n) is 7.55. The molecule has 0 unspecified atom stereocenters. The van der Waals surface area contributed by atoms with E-state index in [0.29, 0.717) is 18.8 Å². The summed E-state index contributed by atoms with van der Waals surface area (Å²) in [4.78, 5) is 22.4. The molecule has 0 atom stereocenters. The minimum Gasteiger partial charge on any atom is -0.379 e. The van der Waals surface area contributed by atoms with E-state index < -0.39 is 0 Å². The van der Waals surface area contributed by atoms with Crippen molar-refractivity contribution < 1.29 is 9.53 Å². The van der Waals surface area contributed by atoms with Crippen LogP contribution in [0.1, 0.15) is 22.0 Å². The van der Waals surface area contributed by atoms with Crippen LogP contribution in [0.25, 0.3) is 11.0 Å². The van der Waals surface area contributed by atoms with Crippen LogP contribution in [0, 0.1) is 6.92 Å². The number of amides is 1. The third-order valence-electron chi connectivity index (χ3n) is 5.51. The number of morpholine rings is 1. The Morgan fingerprint density at radius 3 is 2.66 bits per heavy atom. The van der Waals surface area contributed by atoms with Crippen molar-refractivity contribution in [3.63, 3.8) is 0 Å². The molecule has 4 rings (SSSR count). The Hall–Kier alpha value is -2.71. The van der Waals surface area contributed by atoms with Crippen molar-refractivity contribution in [1.29, 1.82) is 0 Å². The molecule has 0 N–H and O–H groups in total. The molecule has 3 aromatic rings. The highest BCUT2D eigenvalue weighted by atomic mass is 16.5. The molecule has 1 saturated heterocycles. The smallest absolute Gasteiger partial charge is 0.272 e. The van der Waals surface area contributed by atoms with Gasteiger partial charge in [0.25, 0.3) is 5.91 Å². The molecule has 0 radical (unpaired) electrons. The number of hydrogen-bond donors (Lipinski definition) is 0. The van der Waals surface area contributed by atoms with Gasteiger partial charge in [-0.05, 0) is 25.1 Å². The first-order chi connectivity index (χ1) is 14.0. The van der Waals surface area contributed by atoms with Crippen LogP contribution in [0.4, 0.5) is 0 Å². The number of para-hydroxylation sites is 2. The third kappa shape index (κ3) is 4.18. The second-order valence-corrected chi connectivity index (χ2v) is 7.55. The standard InChI is InChI=1S/C21H28N6O2/c1-16-14-19(25(3)23-16)21(28)27(9-8-26-10-12-29-13-11-26)15-20-22-17-6-4-5-7-18(17)24(20)2/h4-7,14H,8-13,15H2,1-3H3. The maximum Gasteiger partial charge on any atom is 0.272 e. The molecule has 1 fully saturated rings. The highest BCUT2D eigenvalue weighted by molar-refractivity contribution is 5.92. The van der Waals surface area contributed by atoms with E-state index in [4.69, 9.17) is 9.72 Å². The van der Waals surface area contributed by atoms with Crippen LogP contribution in [0.15, 0.2) is 30.3 Å². The van der Waals surface area contributed by atoms with E-state index in [0.717, 1.165) is 55.4 Å². The van der Waals surface area contributed by atoms with Crippen LogP contribution in [-0.4, -0.2) is 74.4 Å². The zero-order valence-corrected chi connectivity index (χ0v) is 17.3. The van der Waals surface area contributed by atoms with Gasteiger partial charge in [-0.15, -0.1) is 0 Å². The highest BCUT2D eigenvalue weighted by Gasteiger charge is 2.23. The summed E-state index contributed by atoms with van der Waals surface area (Å²) in [7, 11) is 3.82. The van der Waals surface area contributed by atoms with Gasteiger partial charge in [0, 0.05) is 40.3 Å². The summed E-state index contributed by atoms with van der Waals surface area (Å²) in [5.41, 5.74) is 3.45. The third-order valence-corrected chi connectivity index (χ3v) is 5.51. The fraction of sp³-hybridized carbons (Fsp3) is 0.476. The summed E-state index contributed by atoms with van der Waals surface area (Å²) in [6.07, 6.45) is 0. The van der Waals surface area contributed by atoms with Gasteiger partial charge in [0.15, 0.2) is 0 Å². The number of benzene rings is 1. The molecule has 0 spiro atoms. The molecule has 0 aliphatic carbocycles. The van der Waals surface area contributed by atoms with Crippen LogP contribution < -0.4 is 0 Å². The van der Waals surface area contributed by atoms with Crippen LogP contribution in [-0.2, 0) is 25.4 Å². The molecule has 154 valence electrons. The molecule has 1 amide bonds. The predicted octanol–water partition coefficient (Wildman–Crippen LogP) is 1.59. The van der Waals surface area contributed by atoms with Gasteiger partial charge in [-0.1, -0.05) is 12.1 Å². The number of aromatic nitrogens is 4. The van der Waals surface area contributed by atoms with Gasteiger partial charge < -0.3 is 14.2 Å². The van der Waals surface area contributed by atoms with Crippen LogP contribution in [0.5, 0.6) is 0 Å². The van der Waals surface area contributed by atoms with Crippen molar-refractivity contribution in [2.45, 2.75) is 13.5 Å². The fourth-order valence-corrected chi connectivity index (χ4v) is 3.82. The van der Waals surface area contributed by atoms with E-state index in [9.17, 15) is 4.79 Å². The first-order valence-corrected chi connectivity index (χ1v) is 10.0. The Morgan fingerprint density at radius 2 is 1.97 bits per heavy atom. The normalized spacial score (nSPS) is 15.1. The average molecular weight is 396 g/mol. The zero-order valence-electron chi connectivity index (χ0n) is 17.3. The topological polar surface area (TPSA) is 68.4 Å². The van der Waals surface area contributed by atoms with Gasteiger partial charge in [-0.25, -0.2) is 4.98 Å². The lowest BCUT2D eigenvalue weighted by molar-refractivity contribution is 0.0317. The summed E-state index contributed by atoms with van der Waals surface area (Å²) in [6.45, 7) is 7.11. The maximum atomic E-state index is 13.4. The molecule has 1 aliphatic rings. The van der Waals surface area contributed by atoms with Crippen molar-refractivity contribution in [2.24, 2.45) is 14.1 Å². The van der Waals surface area contributed by atoms with Gasteiger partial charge in [0.2, 0.25) is 0 Å². The minimum atomic E-state index is -0.0200. The minimum absolute atomic E-state index is 0.0200. The molecule has 8 nitrogen and oxygen atoms in total. The van der Waals surface area contributed by atoms with Gasteiger partial charge >= 0.3 is 0 Å². The monoisotopic (exact) mass is 396 g/mol. The van der Waals surface area contributed by atoms with Gasteiger partial charge in [0.05, 0.1) is 36.5 Å².